The number of hydrogen-bond donors (Lipinski definition) is 1. The first-order valence-electron chi connectivity index (χ1n) is 14.5. The Morgan fingerprint density at radius 3 is 2.26 bits per heavy atom. The van der Waals surface area contributed by atoms with Gasteiger partial charge in [-0.1, -0.05) is 59.7 Å². The van der Waals surface area contributed by atoms with Crippen molar-refractivity contribution in [3.8, 4) is 5.88 Å². The molecule has 2 aromatic heterocycles. The molecule has 1 N–H and O–H groups in total. The summed E-state index contributed by atoms with van der Waals surface area (Å²) >= 11 is 0. The molecule has 1 aromatic carbocycles. The van der Waals surface area contributed by atoms with Crippen molar-refractivity contribution in [1.82, 2.24) is 15.2 Å². The van der Waals surface area contributed by atoms with Gasteiger partial charge in [0, 0.05) is 59.7 Å². The number of hydrogen-bond acceptors (Lipinski definition) is 5. The highest BCUT2D eigenvalue weighted by Gasteiger charge is 2.28. The second-order valence-electron chi connectivity index (χ2n) is 14.9. The van der Waals surface area contributed by atoms with E-state index in [1.54, 1.807) is 0 Å². The van der Waals surface area contributed by atoms with Crippen LogP contribution >= 0.6 is 0 Å². The van der Waals surface area contributed by atoms with Gasteiger partial charge in [-0.25, -0.2) is 4.98 Å². The van der Waals surface area contributed by atoms with E-state index < -0.39 is 0 Å². The predicted octanol–water partition coefficient (Wildman–Crippen LogP) is 7.80. The fourth-order valence-corrected chi connectivity index (χ4v) is 4.86. The highest BCUT2D eigenvalue weighted by Crippen LogP contribution is 2.27. The van der Waals surface area contributed by atoms with E-state index >= 15 is 0 Å². The zero-order valence-corrected chi connectivity index (χ0v) is 26.5. The number of rotatable bonds is 11. The third-order valence-electron chi connectivity index (χ3n) is 6.98. The molecule has 216 valence electrons. The van der Waals surface area contributed by atoms with Gasteiger partial charge in [0.05, 0.1) is 0 Å². The van der Waals surface area contributed by atoms with Gasteiger partial charge in [0.15, 0.2) is 0 Å². The summed E-state index contributed by atoms with van der Waals surface area (Å²) in [5, 5.41) is 4.89. The van der Waals surface area contributed by atoms with Crippen molar-refractivity contribution in [3.05, 3.63) is 59.5 Å². The van der Waals surface area contributed by atoms with Crippen molar-refractivity contribution < 1.29 is 9.15 Å². The molecule has 0 amide bonds. The maximum absolute atomic E-state index is 6.30. The normalized spacial score (nSPS) is 13.4. The average Bonchev–Trinajstić information content (AvgIpc) is 3.19. The lowest BCUT2D eigenvalue weighted by Gasteiger charge is -2.41. The molecule has 0 aliphatic heterocycles. The Morgan fingerprint density at radius 1 is 0.897 bits per heavy atom. The molecule has 0 aliphatic carbocycles. The quantitative estimate of drug-likeness (QED) is 0.254. The van der Waals surface area contributed by atoms with Gasteiger partial charge in [0.2, 0.25) is 5.88 Å². The van der Waals surface area contributed by atoms with Gasteiger partial charge < -0.3 is 14.5 Å². The predicted molar refractivity (Wildman–Crippen MR) is 165 cm³/mol. The van der Waals surface area contributed by atoms with E-state index in [2.05, 4.69) is 122 Å². The smallest absolute Gasteiger partial charge is 0.213 e. The molecule has 0 radical (unpaired) electrons. The van der Waals surface area contributed by atoms with E-state index in [1.807, 2.05) is 12.1 Å². The van der Waals surface area contributed by atoms with Crippen LogP contribution in [0.3, 0.4) is 0 Å². The lowest BCUT2D eigenvalue weighted by atomic mass is 9.88. The SMILES string of the molecule is CC(C)(C)Cc1ccc2cc(CCN(CC(C)(C)NCCOc3cccc(C(C)(C)C)n3)C(C)(C)C)oc2c1. The summed E-state index contributed by atoms with van der Waals surface area (Å²) in [7, 11) is 0. The Kier molecular flexibility index (Phi) is 9.60. The Balaban J connectivity index is 1.55. The minimum Gasteiger partial charge on any atom is -0.476 e. The van der Waals surface area contributed by atoms with Crippen LogP contribution < -0.4 is 10.1 Å². The third kappa shape index (κ3) is 9.95. The number of pyridine rings is 1. The summed E-state index contributed by atoms with van der Waals surface area (Å²) in [6, 6.07) is 14.9. The molecule has 0 fully saturated rings. The second-order valence-corrected chi connectivity index (χ2v) is 14.9. The van der Waals surface area contributed by atoms with Crippen LogP contribution in [0.25, 0.3) is 11.0 Å². The topological polar surface area (TPSA) is 50.5 Å². The molecule has 2 heterocycles. The zero-order chi connectivity index (χ0) is 29.1. The van der Waals surface area contributed by atoms with E-state index in [1.165, 1.54) is 10.9 Å². The van der Waals surface area contributed by atoms with Gasteiger partial charge in [-0.05, 0) is 70.2 Å². The number of nitrogens with zero attached hydrogens (tertiary/aromatic N) is 2. The molecular formula is C34H53N3O2. The van der Waals surface area contributed by atoms with Crippen molar-refractivity contribution in [2.45, 2.75) is 105 Å². The van der Waals surface area contributed by atoms with Crippen molar-refractivity contribution in [1.29, 1.82) is 0 Å². The summed E-state index contributed by atoms with van der Waals surface area (Å²) in [5.74, 6) is 1.74. The number of benzene rings is 1. The van der Waals surface area contributed by atoms with Crippen LogP contribution in [0, 0.1) is 5.41 Å². The molecule has 0 bridgehead atoms. The highest BCUT2D eigenvalue weighted by molar-refractivity contribution is 5.78. The van der Waals surface area contributed by atoms with E-state index in [0.717, 1.165) is 49.5 Å². The average molecular weight is 536 g/mol. The van der Waals surface area contributed by atoms with Crippen LogP contribution in [0.2, 0.25) is 0 Å². The summed E-state index contributed by atoms with van der Waals surface area (Å²) in [4.78, 5) is 7.23. The molecule has 3 aromatic rings. The zero-order valence-electron chi connectivity index (χ0n) is 26.5. The van der Waals surface area contributed by atoms with Gasteiger partial charge in [-0.3, -0.25) is 4.90 Å². The van der Waals surface area contributed by atoms with E-state index in [-0.39, 0.29) is 21.9 Å². The first-order chi connectivity index (χ1) is 17.9. The first kappa shape index (κ1) is 31.2. The van der Waals surface area contributed by atoms with E-state index in [4.69, 9.17) is 9.15 Å². The molecule has 5 heteroatoms. The van der Waals surface area contributed by atoms with Crippen LogP contribution in [0.15, 0.2) is 46.9 Å². The first-order valence-corrected chi connectivity index (χ1v) is 14.5. The van der Waals surface area contributed by atoms with Crippen molar-refractivity contribution in [3.63, 3.8) is 0 Å². The minimum atomic E-state index is -0.0763. The highest BCUT2D eigenvalue weighted by atomic mass is 16.5. The Morgan fingerprint density at radius 2 is 1.62 bits per heavy atom. The summed E-state index contributed by atoms with van der Waals surface area (Å²) in [6.07, 6.45) is 1.93. The molecule has 3 rings (SSSR count). The molecule has 0 saturated heterocycles. The minimum absolute atomic E-state index is 0.00753. The van der Waals surface area contributed by atoms with Gasteiger partial charge in [0.25, 0.3) is 0 Å². The molecule has 0 spiro atoms. The summed E-state index contributed by atoms with van der Waals surface area (Å²) in [5.41, 5.74) is 3.61. The van der Waals surface area contributed by atoms with Crippen LogP contribution in [-0.4, -0.2) is 47.2 Å². The summed E-state index contributed by atoms with van der Waals surface area (Å²) < 4.78 is 12.3. The molecule has 5 nitrogen and oxygen atoms in total. The van der Waals surface area contributed by atoms with Gasteiger partial charge in [-0.15, -0.1) is 0 Å². The molecule has 0 saturated carbocycles. The maximum atomic E-state index is 6.30. The third-order valence-corrected chi connectivity index (χ3v) is 6.98. The van der Waals surface area contributed by atoms with Crippen LogP contribution in [0.4, 0.5) is 0 Å². The van der Waals surface area contributed by atoms with Crippen molar-refractivity contribution in [2.75, 3.05) is 26.2 Å². The standard InChI is InChI=1S/C34H53N3O2/c1-31(2,3)23-25-15-16-26-22-27(39-28(26)21-25)17-19-37(33(7,8)9)24-34(10,11)35-18-20-38-30-14-12-13-29(36-30)32(4,5)6/h12-16,21-22,35H,17-20,23-24H2,1-11H3. The lowest BCUT2D eigenvalue weighted by Crippen LogP contribution is -2.55. The fourth-order valence-electron chi connectivity index (χ4n) is 4.86. The van der Waals surface area contributed by atoms with Gasteiger partial charge in [0.1, 0.15) is 18.0 Å². The summed E-state index contributed by atoms with van der Waals surface area (Å²) in [6.45, 7) is 27.9. The molecular weight excluding hydrogens is 482 g/mol. The number of furan rings is 1. The molecule has 0 atom stereocenters. The Bertz CT molecular complexity index is 1210. The maximum Gasteiger partial charge on any atom is 0.213 e. The fraction of sp³-hybridized carbons (Fsp3) is 0.618. The van der Waals surface area contributed by atoms with E-state index in [0.29, 0.717) is 12.5 Å². The molecule has 39 heavy (non-hydrogen) atoms. The van der Waals surface area contributed by atoms with Crippen molar-refractivity contribution in [2.24, 2.45) is 5.41 Å². The van der Waals surface area contributed by atoms with E-state index in [9.17, 15) is 0 Å². The Labute approximate surface area is 237 Å². The van der Waals surface area contributed by atoms with Crippen LogP contribution in [-0.2, 0) is 18.3 Å². The molecule has 0 aliphatic rings. The molecule has 0 unspecified atom stereocenters. The Hall–Kier alpha value is -2.37. The van der Waals surface area contributed by atoms with Crippen LogP contribution in [0.5, 0.6) is 5.88 Å². The van der Waals surface area contributed by atoms with Gasteiger partial charge in [-0.2, -0.15) is 0 Å². The number of fused-ring (bicyclic) bond motifs is 1. The largest absolute Gasteiger partial charge is 0.476 e. The monoisotopic (exact) mass is 535 g/mol. The number of ether oxygens (including phenoxy) is 1. The van der Waals surface area contributed by atoms with Gasteiger partial charge >= 0.3 is 0 Å². The van der Waals surface area contributed by atoms with Crippen molar-refractivity contribution >= 4 is 11.0 Å². The second kappa shape index (κ2) is 12.0. The number of nitrogens with one attached hydrogen (secondary N) is 1. The number of aromatic nitrogens is 1. The lowest BCUT2D eigenvalue weighted by molar-refractivity contribution is 0.0977. The van der Waals surface area contributed by atoms with Crippen LogP contribution in [0.1, 0.15) is 93.2 Å².